The van der Waals surface area contributed by atoms with Crippen molar-refractivity contribution in [2.24, 2.45) is 4.99 Å². The number of aromatic amines is 1. The fourth-order valence-electron chi connectivity index (χ4n) is 4.01. The highest BCUT2D eigenvalue weighted by molar-refractivity contribution is 6.05. The molecule has 0 saturated heterocycles. The van der Waals surface area contributed by atoms with E-state index >= 15 is 0 Å². The van der Waals surface area contributed by atoms with E-state index in [9.17, 15) is 0 Å². The van der Waals surface area contributed by atoms with Gasteiger partial charge in [-0.3, -0.25) is 10.3 Å². The number of aliphatic imine (C=N–C) groups is 1. The Hall–Kier alpha value is -3.50. The number of rotatable bonds is 4. The van der Waals surface area contributed by atoms with E-state index in [0.29, 0.717) is 0 Å². The van der Waals surface area contributed by atoms with Gasteiger partial charge < -0.3 is 4.98 Å². The van der Waals surface area contributed by atoms with Crippen LogP contribution >= 0.6 is 0 Å². The third kappa shape index (κ3) is 3.46. The first-order valence-electron chi connectivity index (χ1n) is 10.3. The average Bonchev–Trinajstić information content (AvgIpc) is 3.38. The first kappa shape index (κ1) is 18.5. The number of benzene rings is 3. The molecular formula is C26H24N4. The standard InChI is InChI=1S/C26H24N4/c1-17-23(19-9-5-3-6-10-19)29-25(27-17)21-13-15-22(16-14-21)26-28-18(2)24(30-26)20-11-7-4-8-12-20/h3-17,25,27H,1-2H3,(H,28,30). The van der Waals surface area contributed by atoms with Gasteiger partial charge in [0.05, 0.1) is 11.4 Å². The second kappa shape index (κ2) is 7.73. The van der Waals surface area contributed by atoms with Crippen LogP contribution in [0.5, 0.6) is 0 Å². The highest BCUT2D eigenvalue weighted by atomic mass is 15.2. The molecular weight excluding hydrogens is 368 g/mol. The van der Waals surface area contributed by atoms with Crippen LogP contribution in [0.2, 0.25) is 0 Å². The monoisotopic (exact) mass is 392 g/mol. The molecule has 0 aliphatic carbocycles. The summed E-state index contributed by atoms with van der Waals surface area (Å²) in [6.07, 6.45) is -0.0255. The molecule has 5 rings (SSSR count). The topological polar surface area (TPSA) is 53.1 Å². The predicted octanol–water partition coefficient (Wildman–Crippen LogP) is 5.53. The Balaban J connectivity index is 1.40. The Kier molecular flexibility index (Phi) is 4.77. The molecule has 2 atom stereocenters. The Bertz CT molecular complexity index is 1170. The van der Waals surface area contributed by atoms with Crippen LogP contribution in [0, 0.1) is 6.92 Å². The lowest BCUT2D eigenvalue weighted by Gasteiger charge is -2.11. The average molecular weight is 393 g/mol. The maximum absolute atomic E-state index is 4.95. The molecule has 0 saturated carbocycles. The van der Waals surface area contributed by atoms with Crippen molar-refractivity contribution >= 4 is 5.71 Å². The molecule has 30 heavy (non-hydrogen) atoms. The van der Waals surface area contributed by atoms with Crippen LogP contribution in [0.3, 0.4) is 0 Å². The third-order valence-corrected chi connectivity index (χ3v) is 5.59. The number of hydrogen-bond donors (Lipinski definition) is 2. The lowest BCUT2D eigenvalue weighted by Crippen LogP contribution is -2.28. The molecule has 0 fully saturated rings. The molecule has 3 aromatic carbocycles. The van der Waals surface area contributed by atoms with Gasteiger partial charge in [0.2, 0.25) is 0 Å². The van der Waals surface area contributed by atoms with Gasteiger partial charge in [-0.1, -0.05) is 84.9 Å². The minimum atomic E-state index is -0.0255. The van der Waals surface area contributed by atoms with E-state index in [1.165, 1.54) is 5.56 Å². The first-order valence-corrected chi connectivity index (χ1v) is 10.3. The summed E-state index contributed by atoms with van der Waals surface area (Å²) in [5, 5.41) is 3.59. The van der Waals surface area contributed by atoms with Gasteiger partial charge in [-0.05, 0) is 25.0 Å². The van der Waals surface area contributed by atoms with Crippen molar-refractivity contribution in [3.63, 3.8) is 0 Å². The second-order valence-corrected chi connectivity index (χ2v) is 7.72. The molecule has 2 N–H and O–H groups in total. The summed E-state index contributed by atoms with van der Waals surface area (Å²) in [5.41, 5.74) is 7.71. The summed E-state index contributed by atoms with van der Waals surface area (Å²) < 4.78 is 0. The summed E-state index contributed by atoms with van der Waals surface area (Å²) in [4.78, 5) is 13.2. The molecule has 148 valence electrons. The van der Waals surface area contributed by atoms with Crippen LogP contribution in [0.15, 0.2) is 89.9 Å². The van der Waals surface area contributed by atoms with Crippen molar-refractivity contribution in [3.05, 3.63) is 102 Å². The summed E-state index contributed by atoms with van der Waals surface area (Å²) >= 11 is 0. The largest absolute Gasteiger partial charge is 0.342 e. The Morgan fingerprint density at radius 3 is 2.03 bits per heavy atom. The molecule has 0 amide bonds. The highest BCUT2D eigenvalue weighted by Gasteiger charge is 2.25. The minimum Gasteiger partial charge on any atom is -0.342 e. The van der Waals surface area contributed by atoms with Gasteiger partial charge in [0.15, 0.2) is 0 Å². The Morgan fingerprint density at radius 2 is 1.37 bits per heavy atom. The number of nitrogens with zero attached hydrogens (tertiary/aromatic N) is 2. The van der Waals surface area contributed by atoms with Crippen molar-refractivity contribution in [1.82, 2.24) is 15.3 Å². The van der Waals surface area contributed by atoms with E-state index < -0.39 is 0 Å². The molecule has 4 heteroatoms. The summed E-state index contributed by atoms with van der Waals surface area (Å²) in [7, 11) is 0. The number of hydrogen-bond acceptors (Lipinski definition) is 3. The Labute approximate surface area is 176 Å². The van der Waals surface area contributed by atoms with Crippen LogP contribution in [-0.4, -0.2) is 21.7 Å². The van der Waals surface area contributed by atoms with Gasteiger partial charge >= 0.3 is 0 Å². The molecule has 4 aromatic rings. The van der Waals surface area contributed by atoms with Gasteiger partial charge in [-0.25, -0.2) is 4.98 Å². The zero-order valence-corrected chi connectivity index (χ0v) is 17.1. The van der Waals surface area contributed by atoms with Crippen molar-refractivity contribution in [3.8, 4) is 22.6 Å². The predicted molar refractivity (Wildman–Crippen MR) is 123 cm³/mol. The number of nitrogens with one attached hydrogen (secondary N) is 2. The second-order valence-electron chi connectivity index (χ2n) is 7.72. The van der Waals surface area contributed by atoms with Gasteiger partial charge in [-0.2, -0.15) is 0 Å². The molecule has 0 spiro atoms. The van der Waals surface area contributed by atoms with Gasteiger partial charge in [0.1, 0.15) is 12.0 Å². The van der Waals surface area contributed by atoms with Crippen molar-refractivity contribution in [2.45, 2.75) is 26.1 Å². The van der Waals surface area contributed by atoms with E-state index in [2.05, 4.69) is 84.8 Å². The van der Waals surface area contributed by atoms with Crippen molar-refractivity contribution in [2.75, 3.05) is 0 Å². The molecule has 2 unspecified atom stereocenters. The lowest BCUT2D eigenvalue weighted by molar-refractivity contribution is 0.581. The SMILES string of the molecule is Cc1[nH]c(-c2ccc(C3N=C(c4ccccc4)C(C)N3)cc2)nc1-c1ccccc1. The van der Waals surface area contributed by atoms with Crippen LogP contribution < -0.4 is 5.32 Å². The fourth-order valence-corrected chi connectivity index (χ4v) is 4.01. The van der Waals surface area contributed by atoms with E-state index in [-0.39, 0.29) is 12.2 Å². The minimum absolute atomic E-state index is 0.0255. The van der Waals surface area contributed by atoms with E-state index in [1.807, 2.05) is 24.3 Å². The molecule has 1 aliphatic rings. The van der Waals surface area contributed by atoms with Crippen LogP contribution in [-0.2, 0) is 0 Å². The molecule has 0 radical (unpaired) electrons. The zero-order chi connectivity index (χ0) is 20.5. The smallest absolute Gasteiger partial charge is 0.138 e. The van der Waals surface area contributed by atoms with E-state index in [1.54, 1.807) is 0 Å². The summed E-state index contributed by atoms with van der Waals surface area (Å²) in [6.45, 7) is 4.23. The van der Waals surface area contributed by atoms with Gasteiger partial charge in [0, 0.05) is 22.9 Å². The number of H-pyrrole nitrogens is 1. The summed E-state index contributed by atoms with van der Waals surface area (Å²) in [5.74, 6) is 0.888. The maximum Gasteiger partial charge on any atom is 0.138 e. The molecule has 1 aromatic heterocycles. The molecule has 2 heterocycles. The van der Waals surface area contributed by atoms with E-state index in [4.69, 9.17) is 9.98 Å². The molecule has 4 nitrogen and oxygen atoms in total. The zero-order valence-electron chi connectivity index (χ0n) is 17.1. The van der Waals surface area contributed by atoms with Gasteiger partial charge in [-0.15, -0.1) is 0 Å². The van der Waals surface area contributed by atoms with Gasteiger partial charge in [0.25, 0.3) is 0 Å². The first-order chi connectivity index (χ1) is 14.7. The van der Waals surface area contributed by atoms with Crippen molar-refractivity contribution in [1.29, 1.82) is 0 Å². The van der Waals surface area contributed by atoms with E-state index in [0.717, 1.165) is 39.6 Å². The molecule has 0 bridgehead atoms. The Morgan fingerprint density at radius 1 is 0.733 bits per heavy atom. The lowest BCUT2D eigenvalue weighted by atomic mass is 10.1. The molecule has 1 aliphatic heterocycles. The highest BCUT2D eigenvalue weighted by Crippen LogP contribution is 2.28. The number of imidazole rings is 1. The normalized spacial score (nSPS) is 18.4. The van der Waals surface area contributed by atoms with Crippen LogP contribution in [0.4, 0.5) is 0 Å². The quantitative estimate of drug-likeness (QED) is 0.480. The van der Waals surface area contributed by atoms with Crippen molar-refractivity contribution < 1.29 is 0 Å². The summed E-state index contributed by atoms with van der Waals surface area (Å²) in [6, 6.07) is 29.4. The van der Waals surface area contributed by atoms with Crippen LogP contribution in [0.1, 0.15) is 29.9 Å². The fraction of sp³-hybridized carbons (Fsp3) is 0.154. The number of aryl methyl sites for hydroxylation is 1. The van der Waals surface area contributed by atoms with Crippen LogP contribution in [0.25, 0.3) is 22.6 Å². The maximum atomic E-state index is 4.95. The third-order valence-electron chi connectivity index (χ3n) is 5.59. The number of aromatic nitrogens is 2.